The minimum atomic E-state index is -0.110. The van der Waals surface area contributed by atoms with Gasteiger partial charge in [-0.05, 0) is 37.3 Å². The predicted molar refractivity (Wildman–Crippen MR) is 65.7 cm³/mol. The Morgan fingerprint density at radius 2 is 2.38 bits per heavy atom. The first kappa shape index (κ1) is 11.7. The van der Waals surface area contributed by atoms with Crippen LogP contribution in [-0.4, -0.2) is 22.7 Å². The van der Waals surface area contributed by atoms with Gasteiger partial charge < -0.3 is 10.4 Å². The molecule has 3 nitrogen and oxygen atoms in total. The number of aliphatic hydroxyl groups excluding tert-OH is 1. The molecule has 1 aromatic rings. The summed E-state index contributed by atoms with van der Waals surface area (Å²) in [5.74, 6) is 0.565. The molecule has 4 heteroatoms. The van der Waals surface area contributed by atoms with Gasteiger partial charge >= 0.3 is 0 Å². The van der Waals surface area contributed by atoms with Gasteiger partial charge in [0, 0.05) is 18.4 Å². The molecule has 1 saturated carbocycles. The fraction of sp³-hybridized carbons (Fsp3) is 0.583. The van der Waals surface area contributed by atoms with Crippen LogP contribution in [0.3, 0.4) is 0 Å². The third-order valence-electron chi connectivity index (χ3n) is 3.08. The predicted octanol–water partition coefficient (Wildman–Crippen LogP) is 2.70. The van der Waals surface area contributed by atoms with Crippen molar-refractivity contribution in [2.75, 3.05) is 11.9 Å². The lowest BCUT2D eigenvalue weighted by Gasteiger charge is -2.26. The first-order valence-corrected chi connectivity index (χ1v) is 6.15. The number of rotatable bonds is 3. The topological polar surface area (TPSA) is 45.1 Å². The lowest BCUT2D eigenvalue weighted by Crippen LogP contribution is -2.24. The molecule has 0 spiro atoms. The summed E-state index contributed by atoms with van der Waals surface area (Å²) in [7, 11) is 0. The summed E-state index contributed by atoms with van der Waals surface area (Å²) in [6.07, 6.45) is 5.78. The Hall–Kier alpha value is -0.800. The van der Waals surface area contributed by atoms with Crippen LogP contribution in [0.25, 0.3) is 0 Å². The third-order valence-corrected chi connectivity index (χ3v) is 3.28. The maximum Gasteiger partial charge on any atom is 0.131 e. The molecule has 88 valence electrons. The van der Waals surface area contributed by atoms with E-state index in [0.29, 0.717) is 11.1 Å². The number of nitrogens with zero attached hydrogens (tertiary/aromatic N) is 1. The summed E-state index contributed by atoms with van der Waals surface area (Å²) in [5, 5.41) is 13.4. The van der Waals surface area contributed by atoms with Gasteiger partial charge in [-0.15, -0.1) is 0 Å². The first-order chi connectivity index (χ1) is 7.74. The van der Waals surface area contributed by atoms with Crippen LogP contribution in [0, 0.1) is 5.92 Å². The zero-order valence-electron chi connectivity index (χ0n) is 9.19. The normalized spacial score (nSPS) is 25.4. The quantitative estimate of drug-likeness (QED) is 0.799. The number of pyridine rings is 1. The highest BCUT2D eigenvalue weighted by Gasteiger charge is 2.19. The summed E-state index contributed by atoms with van der Waals surface area (Å²) in [6, 6.07) is 3.73. The van der Waals surface area contributed by atoms with Crippen LogP contribution in [0.5, 0.6) is 0 Å². The Bertz CT molecular complexity index is 346. The van der Waals surface area contributed by atoms with E-state index in [9.17, 15) is 5.11 Å². The molecule has 0 bridgehead atoms. The fourth-order valence-electron chi connectivity index (χ4n) is 2.22. The highest BCUT2D eigenvalue weighted by atomic mass is 35.5. The van der Waals surface area contributed by atoms with E-state index in [4.69, 9.17) is 11.6 Å². The summed E-state index contributed by atoms with van der Waals surface area (Å²) in [5.41, 5.74) is 1.00. The second-order valence-electron chi connectivity index (χ2n) is 4.43. The smallest absolute Gasteiger partial charge is 0.131 e. The van der Waals surface area contributed by atoms with Crippen molar-refractivity contribution >= 4 is 17.3 Å². The van der Waals surface area contributed by atoms with Gasteiger partial charge in [-0.25, -0.2) is 4.98 Å². The summed E-state index contributed by atoms with van der Waals surface area (Å²) in [6.45, 7) is 0.900. The van der Waals surface area contributed by atoms with E-state index in [-0.39, 0.29) is 6.10 Å². The molecule has 1 aromatic heterocycles. The van der Waals surface area contributed by atoms with Gasteiger partial charge in [0.15, 0.2) is 0 Å². The molecular weight excluding hydrogens is 224 g/mol. The molecule has 2 atom stereocenters. The number of halogens is 1. The highest BCUT2D eigenvalue weighted by Crippen LogP contribution is 2.24. The van der Waals surface area contributed by atoms with Crippen molar-refractivity contribution in [3.05, 3.63) is 23.5 Å². The van der Waals surface area contributed by atoms with Crippen LogP contribution in [0.4, 0.5) is 5.69 Å². The first-order valence-electron chi connectivity index (χ1n) is 5.77. The maximum absolute atomic E-state index is 9.56. The second kappa shape index (κ2) is 5.51. The maximum atomic E-state index is 9.56. The van der Waals surface area contributed by atoms with Crippen molar-refractivity contribution in [3.8, 4) is 0 Å². The summed E-state index contributed by atoms with van der Waals surface area (Å²) < 4.78 is 0. The molecule has 1 fully saturated rings. The molecular formula is C12H17ClN2O. The molecule has 2 N–H and O–H groups in total. The number of aliphatic hydroxyl groups is 1. The van der Waals surface area contributed by atoms with Crippen molar-refractivity contribution in [1.82, 2.24) is 4.98 Å². The number of hydrogen-bond donors (Lipinski definition) is 2. The van der Waals surface area contributed by atoms with Crippen LogP contribution in [0.2, 0.25) is 5.15 Å². The van der Waals surface area contributed by atoms with Gasteiger partial charge in [0.1, 0.15) is 5.15 Å². The van der Waals surface area contributed by atoms with Gasteiger partial charge in [-0.1, -0.05) is 18.0 Å². The van der Waals surface area contributed by atoms with E-state index in [1.807, 2.05) is 12.1 Å². The van der Waals surface area contributed by atoms with E-state index in [0.717, 1.165) is 31.5 Å². The van der Waals surface area contributed by atoms with Crippen LogP contribution in [0.15, 0.2) is 18.3 Å². The molecule has 1 aliphatic rings. The lowest BCUT2D eigenvalue weighted by molar-refractivity contribution is 0.105. The Labute approximate surface area is 101 Å². The number of nitrogens with one attached hydrogen (secondary N) is 1. The monoisotopic (exact) mass is 240 g/mol. The SMILES string of the molecule is OC1CCCC(CNc2ccnc(Cl)c2)C1. The van der Waals surface area contributed by atoms with Gasteiger partial charge in [-0.3, -0.25) is 0 Å². The molecule has 0 radical (unpaired) electrons. The molecule has 2 unspecified atom stereocenters. The average molecular weight is 241 g/mol. The van der Waals surface area contributed by atoms with Crippen molar-refractivity contribution in [2.45, 2.75) is 31.8 Å². The molecule has 1 aliphatic carbocycles. The van der Waals surface area contributed by atoms with Crippen molar-refractivity contribution in [1.29, 1.82) is 0 Å². The largest absolute Gasteiger partial charge is 0.393 e. The van der Waals surface area contributed by atoms with Crippen LogP contribution < -0.4 is 5.32 Å². The Morgan fingerprint density at radius 1 is 1.50 bits per heavy atom. The van der Waals surface area contributed by atoms with E-state index in [2.05, 4.69) is 10.3 Å². The molecule has 2 rings (SSSR count). The number of aromatic nitrogens is 1. The Kier molecular flexibility index (Phi) is 4.02. The second-order valence-corrected chi connectivity index (χ2v) is 4.82. The Morgan fingerprint density at radius 3 is 3.12 bits per heavy atom. The zero-order valence-corrected chi connectivity index (χ0v) is 9.95. The molecule has 0 aromatic carbocycles. The van der Waals surface area contributed by atoms with Gasteiger partial charge in [0.05, 0.1) is 6.10 Å². The zero-order chi connectivity index (χ0) is 11.4. The van der Waals surface area contributed by atoms with E-state index < -0.39 is 0 Å². The third kappa shape index (κ3) is 3.35. The average Bonchev–Trinajstić information content (AvgIpc) is 2.27. The Balaban J connectivity index is 1.82. The lowest BCUT2D eigenvalue weighted by atomic mass is 9.87. The van der Waals surface area contributed by atoms with E-state index in [1.54, 1.807) is 6.20 Å². The minimum Gasteiger partial charge on any atom is -0.393 e. The van der Waals surface area contributed by atoms with Gasteiger partial charge in [-0.2, -0.15) is 0 Å². The molecule has 16 heavy (non-hydrogen) atoms. The van der Waals surface area contributed by atoms with E-state index in [1.165, 1.54) is 6.42 Å². The number of anilines is 1. The molecule has 0 amide bonds. The van der Waals surface area contributed by atoms with Crippen molar-refractivity contribution in [3.63, 3.8) is 0 Å². The van der Waals surface area contributed by atoms with Crippen LogP contribution >= 0.6 is 11.6 Å². The standard InChI is InChI=1S/C12H17ClN2O/c13-12-7-10(4-5-14-12)15-8-9-2-1-3-11(16)6-9/h4-5,7,9,11,16H,1-3,6,8H2,(H,14,15). The van der Waals surface area contributed by atoms with E-state index >= 15 is 0 Å². The highest BCUT2D eigenvalue weighted by molar-refractivity contribution is 6.29. The molecule has 0 aliphatic heterocycles. The van der Waals surface area contributed by atoms with Crippen LogP contribution in [-0.2, 0) is 0 Å². The van der Waals surface area contributed by atoms with Crippen molar-refractivity contribution in [2.24, 2.45) is 5.92 Å². The summed E-state index contributed by atoms with van der Waals surface area (Å²) in [4.78, 5) is 3.93. The molecule has 1 heterocycles. The van der Waals surface area contributed by atoms with Gasteiger partial charge in [0.25, 0.3) is 0 Å². The van der Waals surface area contributed by atoms with Crippen LogP contribution in [0.1, 0.15) is 25.7 Å². The minimum absolute atomic E-state index is 0.110. The van der Waals surface area contributed by atoms with Crippen molar-refractivity contribution < 1.29 is 5.11 Å². The number of hydrogen-bond acceptors (Lipinski definition) is 3. The fourth-order valence-corrected chi connectivity index (χ4v) is 2.40. The van der Waals surface area contributed by atoms with Gasteiger partial charge in [0.2, 0.25) is 0 Å². The summed E-state index contributed by atoms with van der Waals surface area (Å²) >= 11 is 5.80. The molecule has 0 saturated heterocycles.